The minimum atomic E-state index is -0.653. The molecule has 1 rings (SSSR count). The van der Waals surface area contributed by atoms with Gasteiger partial charge in [0.25, 0.3) is 0 Å². The predicted molar refractivity (Wildman–Crippen MR) is 78.9 cm³/mol. The third-order valence-electron chi connectivity index (χ3n) is 3.48. The second kappa shape index (κ2) is 7.15. The molecule has 1 aliphatic heterocycles. The highest BCUT2D eigenvalue weighted by Gasteiger charge is 2.33. The molecular weight excluding hydrogens is 238 g/mol. The molecular formula is C15H29N3O. The van der Waals surface area contributed by atoms with Gasteiger partial charge in [0, 0.05) is 6.54 Å². The molecule has 0 saturated heterocycles. The van der Waals surface area contributed by atoms with E-state index in [0.29, 0.717) is 18.5 Å². The number of azo groups is 1. The molecule has 0 saturated carbocycles. The second-order valence-electron chi connectivity index (χ2n) is 6.62. The molecule has 0 aromatic rings. The lowest BCUT2D eigenvalue weighted by Crippen LogP contribution is -2.39. The molecule has 4 heteroatoms. The molecule has 1 N–H and O–H groups in total. The smallest absolute Gasteiger partial charge is 0.128 e. The van der Waals surface area contributed by atoms with Crippen molar-refractivity contribution in [1.29, 1.82) is 0 Å². The van der Waals surface area contributed by atoms with Gasteiger partial charge in [-0.15, -0.1) is 6.58 Å². The molecule has 1 heterocycles. The summed E-state index contributed by atoms with van der Waals surface area (Å²) in [5.41, 5.74) is -0.653. The minimum Gasteiger partial charge on any atom is -0.390 e. The van der Waals surface area contributed by atoms with Crippen molar-refractivity contribution < 1.29 is 5.11 Å². The van der Waals surface area contributed by atoms with Crippen LogP contribution in [0.5, 0.6) is 0 Å². The lowest BCUT2D eigenvalue weighted by Gasteiger charge is -2.32. The summed E-state index contributed by atoms with van der Waals surface area (Å²) in [6, 6.07) is 0. The molecule has 19 heavy (non-hydrogen) atoms. The van der Waals surface area contributed by atoms with Gasteiger partial charge < -0.3 is 5.11 Å². The number of rotatable bonds is 8. The van der Waals surface area contributed by atoms with Crippen LogP contribution in [0.15, 0.2) is 22.9 Å². The fourth-order valence-corrected chi connectivity index (χ4v) is 2.63. The van der Waals surface area contributed by atoms with E-state index in [9.17, 15) is 5.11 Å². The Balaban J connectivity index is 2.70. The molecule has 0 aromatic heterocycles. The van der Waals surface area contributed by atoms with Gasteiger partial charge in [0.2, 0.25) is 0 Å². The lowest BCUT2D eigenvalue weighted by atomic mass is 9.86. The first-order valence-corrected chi connectivity index (χ1v) is 7.27. The van der Waals surface area contributed by atoms with Gasteiger partial charge in [-0.2, -0.15) is 10.2 Å². The van der Waals surface area contributed by atoms with E-state index in [-0.39, 0.29) is 6.17 Å². The summed E-state index contributed by atoms with van der Waals surface area (Å²) in [5.74, 6) is 1.03. The summed E-state index contributed by atoms with van der Waals surface area (Å²) in [5, 5.41) is 18.7. The van der Waals surface area contributed by atoms with Crippen molar-refractivity contribution >= 4 is 0 Å². The van der Waals surface area contributed by atoms with Gasteiger partial charge in [-0.3, -0.25) is 4.90 Å². The van der Waals surface area contributed by atoms with Crippen molar-refractivity contribution in [3.8, 4) is 0 Å². The van der Waals surface area contributed by atoms with E-state index in [2.05, 4.69) is 35.6 Å². The number of hydrogen-bond acceptors (Lipinski definition) is 4. The van der Waals surface area contributed by atoms with Crippen LogP contribution >= 0.6 is 0 Å². The molecule has 1 aliphatic rings. The first kappa shape index (κ1) is 16.3. The van der Waals surface area contributed by atoms with Crippen LogP contribution in [0.1, 0.15) is 47.0 Å². The zero-order valence-corrected chi connectivity index (χ0v) is 12.8. The van der Waals surface area contributed by atoms with E-state index in [1.165, 1.54) is 0 Å². The Labute approximate surface area is 117 Å². The van der Waals surface area contributed by atoms with Gasteiger partial charge in [0.1, 0.15) is 12.8 Å². The maximum atomic E-state index is 10.1. The maximum Gasteiger partial charge on any atom is 0.128 e. The third-order valence-corrected chi connectivity index (χ3v) is 3.48. The molecule has 2 atom stereocenters. The zero-order valence-electron chi connectivity index (χ0n) is 12.8. The van der Waals surface area contributed by atoms with E-state index in [1.54, 1.807) is 0 Å². The Morgan fingerprint density at radius 1 is 1.42 bits per heavy atom. The van der Waals surface area contributed by atoms with Crippen LogP contribution in [0.2, 0.25) is 0 Å². The highest BCUT2D eigenvalue weighted by Crippen LogP contribution is 2.30. The molecule has 0 spiro atoms. The highest BCUT2D eigenvalue weighted by atomic mass is 16.3. The molecule has 110 valence electrons. The van der Waals surface area contributed by atoms with Gasteiger partial charge in [0.05, 0.1) is 5.60 Å². The van der Waals surface area contributed by atoms with Crippen LogP contribution in [-0.4, -0.2) is 35.0 Å². The summed E-state index contributed by atoms with van der Waals surface area (Å²) in [7, 11) is 0. The van der Waals surface area contributed by atoms with Crippen LogP contribution in [0.25, 0.3) is 0 Å². The monoisotopic (exact) mass is 267 g/mol. The van der Waals surface area contributed by atoms with E-state index in [4.69, 9.17) is 0 Å². The quantitative estimate of drug-likeness (QED) is 0.685. The van der Waals surface area contributed by atoms with Crippen LogP contribution in [0.4, 0.5) is 0 Å². The van der Waals surface area contributed by atoms with Crippen LogP contribution in [-0.2, 0) is 0 Å². The molecule has 0 aliphatic carbocycles. The number of aliphatic hydroxyl groups is 1. The summed E-state index contributed by atoms with van der Waals surface area (Å²) in [6.45, 7) is 13.5. The second-order valence-corrected chi connectivity index (χ2v) is 6.62. The summed E-state index contributed by atoms with van der Waals surface area (Å²) < 4.78 is 0. The topological polar surface area (TPSA) is 48.2 Å². The lowest BCUT2D eigenvalue weighted by molar-refractivity contribution is 0.0314. The van der Waals surface area contributed by atoms with Crippen molar-refractivity contribution in [2.45, 2.75) is 58.7 Å². The Hall–Kier alpha value is -0.740. The Morgan fingerprint density at radius 3 is 2.63 bits per heavy atom. The molecule has 0 unspecified atom stereocenters. The van der Waals surface area contributed by atoms with Gasteiger partial charge in [-0.25, -0.2) is 0 Å². The molecule has 0 aromatic carbocycles. The van der Waals surface area contributed by atoms with Crippen LogP contribution < -0.4 is 0 Å². The molecule has 0 bridgehead atoms. The van der Waals surface area contributed by atoms with E-state index in [0.717, 1.165) is 25.8 Å². The third kappa shape index (κ3) is 5.83. The van der Waals surface area contributed by atoms with Gasteiger partial charge in [-0.05, 0) is 38.5 Å². The van der Waals surface area contributed by atoms with Crippen molar-refractivity contribution in [2.75, 3.05) is 13.2 Å². The minimum absolute atomic E-state index is 0.100. The SMILES string of the molecule is C=CCN1CN=N[C@H]1[C@H](CCC(C)C)CC(C)(C)O. The molecule has 0 radical (unpaired) electrons. The average molecular weight is 267 g/mol. The Bertz CT molecular complexity index is 307. The van der Waals surface area contributed by atoms with E-state index in [1.807, 2.05) is 19.9 Å². The van der Waals surface area contributed by atoms with Gasteiger partial charge >= 0.3 is 0 Å². The molecule has 0 amide bonds. The van der Waals surface area contributed by atoms with Gasteiger partial charge in [0.15, 0.2) is 0 Å². The Kier molecular flexibility index (Phi) is 6.14. The summed E-state index contributed by atoms with van der Waals surface area (Å²) in [4.78, 5) is 2.23. The maximum absolute atomic E-state index is 10.1. The highest BCUT2D eigenvalue weighted by molar-refractivity contribution is 4.87. The van der Waals surface area contributed by atoms with E-state index < -0.39 is 5.60 Å². The average Bonchev–Trinajstić information content (AvgIpc) is 2.71. The van der Waals surface area contributed by atoms with Crippen molar-refractivity contribution in [2.24, 2.45) is 22.1 Å². The van der Waals surface area contributed by atoms with Crippen molar-refractivity contribution in [3.63, 3.8) is 0 Å². The van der Waals surface area contributed by atoms with Crippen LogP contribution in [0.3, 0.4) is 0 Å². The summed E-state index contributed by atoms with van der Waals surface area (Å²) in [6.07, 6.45) is 5.00. The Morgan fingerprint density at radius 2 is 2.11 bits per heavy atom. The molecule has 4 nitrogen and oxygen atoms in total. The van der Waals surface area contributed by atoms with E-state index >= 15 is 0 Å². The first-order chi connectivity index (χ1) is 8.83. The van der Waals surface area contributed by atoms with Crippen molar-refractivity contribution in [3.05, 3.63) is 12.7 Å². The van der Waals surface area contributed by atoms with Gasteiger partial charge in [-0.1, -0.05) is 26.3 Å². The predicted octanol–water partition coefficient (Wildman–Crippen LogP) is 3.44. The number of hydrogen-bond donors (Lipinski definition) is 1. The zero-order chi connectivity index (χ0) is 14.5. The fraction of sp³-hybridized carbons (Fsp3) is 0.867. The summed E-state index contributed by atoms with van der Waals surface area (Å²) >= 11 is 0. The molecule has 0 fully saturated rings. The number of nitrogens with zero attached hydrogens (tertiary/aromatic N) is 3. The first-order valence-electron chi connectivity index (χ1n) is 7.27. The van der Waals surface area contributed by atoms with Crippen LogP contribution in [0, 0.1) is 11.8 Å². The standard InChI is InChI=1S/C15H29N3O/c1-6-9-18-11-16-17-14(18)13(8-7-12(2)3)10-15(4,5)19/h6,12-14,19H,1,7-11H2,2-5H3/t13-,14-/m1/s1. The van der Waals surface area contributed by atoms with Crippen molar-refractivity contribution in [1.82, 2.24) is 4.90 Å². The fourth-order valence-electron chi connectivity index (χ4n) is 2.63. The normalized spacial score (nSPS) is 22.1. The largest absolute Gasteiger partial charge is 0.390 e.